The standard InChI is InChI=1S/C13H17F2NO2/c1-13(2,12(17)18)5-6-16-8-9-3-4-10(14)7-11(9)15/h3-4,7,16H,5-6,8H2,1-2H3,(H,17,18). The number of carbonyl (C=O) groups is 1. The van der Waals surface area contributed by atoms with Gasteiger partial charge in [-0.15, -0.1) is 0 Å². The van der Waals surface area contributed by atoms with Gasteiger partial charge in [0.25, 0.3) is 0 Å². The van der Waals surface area contributed by atoms with E-state index in [1.165, 1.54) is 12.1 Å². The molecule has 0 saturated heterocycles. The number of rotatable bonds is 6. The predicted octanol–water partition coefficient (Wildman–Crippen LogP) is 2.56. The van der Waals surface area contributed by atoms with Gasteiger partial charge in [0.05, 0.1) is 5.41 Å². The number of halogens is 2. The molecule has 18 heavy (non-hydrogen) atoms. The summed E-state index contributed by atoms with van der Waals surface area (Å²) in [6, 6.07) is 3.40. The van der Waals surface area contributed by atoms with Crippen LogP contribution in [0.1, 0.15) is 25.8 Å². The highest BCUT2D eigenvalue weighted by Crippen LogP contribution is 2.19. The molecule has 0 radical (unpaired) electrons. The fourth-order valence-electron chi connectivity index (χ4n) is 1.40. The van der Waals surface area contributed by atoms with Crippen molar-refractivity contribution in [3.05, 3.63) is 35.4 Å². The average molecular weight is 257 g/mol. The SMILES string of the molecule is CC(C)(CCNCc1ccc(F)cc1F)C(=O)O. The molecule has 0 fully saturated rings. The first-order chi connectivity index (χ1) is 8.33. The van der Waals surface area contributed by atoms with Gasteiger partial charge in [0.15, 0.2) is 0 Å². The van der Waals surface area contributed by atoms with E-state index in [4.69, 9.17) is 5.11 Å². The maximum Gasteiger partial charge on any atom is 0.309 e. The topological polar surface area (TPSA) is 49.3 Å². The van der Waals surface area contributed by atoms with Gasteiger partial charge >= 0.3 is 5.97 Å². The van der Waals surface area contributed by atoms with E-state index in [9.17, 15) is 13.6 Å². The normalized spacial score (nSPS) is 11.6. The molecule has 3 nitrogen and oxygen atoms in total. The van der Waals surface area contributed by atoms with E-state index < -0.39 is 23.0 Å². The minimum atomic E-state index is -0.864. The summed E-state index contributed by atoms with van der Waals surface area (Å²) in [4.78, 5) is 10.8. The Kier molecular flexibility index (Phi) is 4.78. The van der Waals surface area contributed by atoms with E-state index in [0.717, 1.165) is 6.07 Å². The van der Waals surface area contributed by atoms with Gasteiger partial charge < -0.3 is 10.4 Å². The van der Waals surface area contributed by atoms with E-state index >= 15 is 0 Å². The Hall–Kier alpha value is -1.49. The van der Waals surface area contributed by atoms with Gasteiger partial charge in [-0.2, -0.15) is 0 Å². The van der Waals surface area contributed by atoms with Crippen molar-refractivity contribution in [1.29, 1.82) is 0 Å². The van der Waals surface area contributed by atoms with E-state index in [0.29, 0.717) is 18.5 Å². The van der Waals surface area contributed by atoms with Crippen LogP contribution in [-0.2, 0) is 11.3 Å². The number of nitrogens with one attached hydrogen (secondary N) is 1. The monoisotopic (exact) mass is 257 g/mol. The van der Waals surface area contributed by atoms with Crippen molar-refractivity contribution in [1.82, 2.24) is 5.32 Å². The number of aliphatic carboxylic acids is 1. The number of hydrogen-bond donors (Lipinski definition) is 2. The first-order valence-corrected chi connectivity index (χ1v) is 5.71. The van der Waals surface area contributed by atoms with Crippen LogP contribution in [0.4, 0.5) is 8.78 Å². The molecule has 1 aromatic rings. The highest BCUT2D eigenvalue weighted by atomic mass is 19.1. The van der Waals surface area contributed by atoms with E-state index in [1.807, 2.05) is 0 Å². The molecule has 5 heteroatoms. The first-order valence-electron chi connectivity index (χ1n) is 5.71. The van der Waals surface area contributed by atoms with Crippen LogP contribution in [0, 0.1) is 17.0 Å². The van der Waals surface area contributed by atoms with Crippen molar-refractivity contribution in [2.45, 2.75) is 26.8 Å². The Bertz CT molecular complexity index is 433. The Morgan fingerprint density at radius 1 is 1.39 bits per heavy atom. The summed E-state index contributed by atoms with van der Waals surface area (Å²) < 4.78 is 25.9. The van der Waals surface area contributed by atoms with Gasteiger partial charge in [-0.1, -0.05) is 6.07 Å². The smallest absolute Gasteiger partial charge is 0.309 e. The third-order valence-electron chi connectivity index (χ3n) is 2.84. The van der Waals surface area contributed by atoms with Crippen molar-refractivity contribution in [2.24, 2.45) is 5.41 Å². The second-order valence-electron chi connectivity index (χ2n) is 4.85. The van der Waals surface area contributed by atoms with Crippen molar-refractivity contribution < 1.29 is 18.7 Å². The third kappa shape index (κ3) is 4.07. The fraction of sp³-hybridized carbons (Fsp3) is 0.462. The molecule has 0 aromatic heterocycles. The van der Waals surface area contributed by atoms with Crippen molar-refractivity contribution in [2.75, 3.05) is 6.54 Å². The molecule has 0 heterocycles. The van der Waals surface area contributed by atoms with E-state index in [1.54, 1.807) is 13.8 Å². The molecule has 0 aliphatic rings. The lowest BCUT2D eigenvalue weighted by molar-refractivity contribution is -0.147. The molecular weight excluding hydrogens is 240 g/mol. The van der Waals surface area contributed by atoms with Crippen LogP contribution in [0.15, 0.2) is 18.2 Å². The number of carboxylic acid groups (broad SMARTS) is 1. The fourth-order valence-corrected chi connectivity index (χ4v) is 1.40. The van der Waals surface area contributed by atoms with Crippen LogP contribution >= 0.6 is 0 Å². The summed E-state index contributed by atoms with van der Waals surface area (Å²) in [6.45, 7) is 3.98. The summed E-state index contributed by atoms with van der Waals surface area (Å²) in [5.41, 5.74) is -0.446. The minimum Gasteiger partial charge on any atom is -0.481 e. The Balaban J connectivity index is 2.41. The third-order valence-corrected chi connectivity index (χ3v) is 2.84. The molecule has 0 amide bonds. The molecule has 0 saturated carbocycles. The zero-order chi connectivity index (χ0) is 13.8. The van der Waals surface area contributed by atoms with Crippen molar-refractivity contribution in [3.63, 3.8) is 0 Å². The van der Waals surface area contributed by atoms with Gasteiger partial charge in [-0.25, -0.2) is 8.78 Å². The molecule has 0 aliphatic heterocycles. The van der Waals surface area contributed by atoms with Crippen LogP contribution in [0.2, 0.25) is 0 Å². The number of hydrogen-bond acceptors (Lipinski definition) is 2. The lowest BCUT2D eigenvalue weighted by Gasteiger charge is -2.19. The summed E-state index contributed by atoms with van der Waals surface area (Å²) in [7, 11) is 0. The molecular formula is C13H17F2NO2. The molecule has 100 valence electrons. The van der Waals surface area contributed by atoms with Crippen LogP contribution in [0.3, 0.4) is 0 Å². The molecule has 0 unspecified atom stereocenters. The highest BCUT2D eigenvalue weighted by molar-refractivity contribution is 5.73. The number of benzene rings is 1. The van der Waals surface area contributed by atoms with Crippen LogP contribution < -0.4 is 5.32 Å². The first kappa shape index (κ1) is 14.6. The maximum absolute atomic E-state index is 13.3. The molecule has 1 rings (SSSR count). The maximum atomic E-state index is 13.3. The summed E-state index contributed by atoms with van der Waals surface area (Å²) in [5.74, 6) is -2.07. The summed E-state index contributed by atoms with van der Waals surface area (Å²) in [5, 5.41) is 11.8. The number of carboxylic acids is 1. The Morgan fingerprint density at radius 2 is 2.06 bits per heavy atom. The molecule has 1 aromatic carbocycles. The quantitative estimate of drug-likeness (QED) is 0.770. The summed E-state index contributed by atoms with van der Waals surface area (Å²) >= 11 is 0. The van der Waals surface area contributed by atoms with Gasteiger partial charge in [-0.05, 0) is 32.9 Å². The Labute approximate surface area is 105 Å². The van der Waals surface area contributed by atoms with Crippen molar-refractivity contribution >= 4 is 5.97 Å². The lowest BCUT2D eigenvalue weighted by atomic mass is 9.90. The molecule has 0 aliphatic carbocycles. The van der Waals surface area contributed by atoms with E-state index in [2.05, 4.69) is 5.32 Å². The second-order valence-corrected chi connectivity index (χ2v) is 4.85. The lowest BCUT2D eigenvalue weighted by Crippen LogP contribution is -2.29. The predicted molar refractivity (Wildman–Crippen MR) is 64.1 cm³/mol. The molecule has 2 N–H and O–H groups in total. The van der Waals surface area contributed by atoms with Crippen molar-refractivity contribution in [3.8, 4) is 0 Å². The molecule has 0 atom stereocenters. The second kappa shape index (κ2) is 5.91. The minimum absolute atomic E-state index is 0.252. The molecule has 0 bridgehead atoms. The van der Waals surface area contributed by atoms with Gasteiger partial charge in [-0.3, -0.25) is 4.79 Å². The van der Waals surface area contributed by atoms with Gasteiger partial charge in [0.2, 0.25) is 0 Å². The largest absolute Gasteiger partial charge is 0.481 e. The Morgan fingerprint density at radius 3 is 2.61 bits per heavy atom. The van der Waals surface area contributed by atoms with Gasteiger partial charge in [0.1, 0.15) is 11.6 Å². The van der Waals surface area contributed by atoms with Crippen LogP contribution in [0.25, 0.3) is 0 Å². The zero-order valence-electron chi connectivity index (χ0n) is 10.5. The van der Waals surface area contributed by atoms with Gasteiger partial charge in [0, 0.05) is 18.2 Å². The summed E-state index contributed by atoms with van der Waals surface area (Å²) in [6.07, 6.45) is 0.436. The van der Waals surface area contributed by atoms with Crippen LogP contribution in [-0.4, -0.2) is 17.6 Å². The van der Waals surface area contributed by atoms with Crippen LogP contribution in [0.5, 0.6) is 0 Å². The molecule has 0 spiro atoms. The average Bonchev–Trinajstić information content (AvgIpc) is 2.26. The zero-order valence-corrected chi connectivity index (χ0v) is 10.5. The van der Waals surface area contributed by atoms with E-state index in [-0.39, 0.29) is 6.54 Å². The highest BCUT2D eigenvalue weighted by Gasteiger charge is 2.26.